The van der Waals surface area contributed by atoms with E-state index < -0.39 is 18.2 Å². The van der Waals surface area contributed by atoms with Crippen LogP contribution in [0.4, 0.5) is 25.0 Å². The minimum Gasteiger partial charge on any atom is -0.489 e. The van der Waals surface area contributed by atoms with Crippen LogP contribution in [0.25, 0.3) is 5.65 Å². The van der Waals surface area contributed by atoms with Gasteiger partial charge in [-0.15, -0.1) is 5.10 Å². The number of alkyl halides is 3. The van der Waals surface area contributed by atoms with Gasteiger partial charge in [0, 0.05) is 31.4 Å². The molecule has 1 saturated heterocycles. The number of aromatic nitrogens is 4. The Labute approximate surface area is 188 Å². The fraction of sp³-hybridized carbons (Fsp3) is 0.591. The molecule has 8 nitrogen and oxygen atoms in total. The van der Waals surface area contributed by atoms with E-state index in [0.29, 0.717) is 29.2 Å². The van der Waals surface area contributed by atoms with Gasteiger partial charge < -0.3 is 19.5 Å². The maximum Gasteiger partial charge on any atom is 0.397 e. The summed E-state index contributed by atoms with van der Waals surface area (Å²) in [6.45, 7) is 3.25. The van der Waals surface area contributed by atoms with Gasteiger partial charge >= 0.3 is 6.18 Å². The number of nitrogens with one attached hydrogen (secondary N) is 1. The Morgan fingerprint density at radius 3 is 2.64 bits per heavy atom. The maximum atomic E-state index is 13.3. The minimum atomic E-state index is -4.25. The van der Waals surface area contributed by atoms with Crippen molar-refractivity contribution in [2.45, 2.75) is 44.8 Å². The molecule has 3 aromatic heterocycles. The molecule has 3 atom stereocenters. The Morgan fingerprint density at radius 1 is 1.24 bits per heavy atom. The molecule has 1 N–H and O–H groups in total. The van der Waals surface area contributed by atoms with Crippen molar-refractivity contribution in [3.8, 4) is 5.75 Å². The summed E-state index contributed by atoms with van der Waals surface area (Å²) in [7, 11) is 0. The van der Waals surface area contributed by atoms with Gasteiger partial charge in [0.1, 0.15) is 12.0 Å². The lowest BCUT2D eigenvalue weighted by molar-refractivity contribution is -0.194. The van der Waals surface area contributed by atoms with Crippen LogP contribution in [0.5, 0.6) is 5.75 Å². The zero-order valence-corrected chi connectivity index (χ0v) is 18.2. The van der Waals surface area contributed by atoms with E-state index in [-0.39, 0.29) is 18.9 Å². The predicted octanol–water partition coefficient (Wildman–Crippen LogP) is 4.07. The number of anilines is 2. The van der Waals surface area contributed by atoms with E-state index in [0.717, 1.165) is 37.5 Å². The second kappa shape index (κ2) is 7.26. The first-order valence-electron chi connectivity index (χ1n) is 11.3. The number of hydrogen-bond donors (Lipinski definition) is 1. The molecule has 2 bridgehead atoms. The molecule has 33 heavy (non-hydrogen) atoms. The van der Waals surface area contributed by atoms with Crippen molar-refractivity contribution in [1.29, 1.82) is 0 Å². The summed E-state index contributed by atoms with van der Waals surface area (Å²) in [6, 6.07) is 5.53. The van der Waals surface area contributed by atoms with Crippen molar-refractivity contribution in [3.05, 3.63) is 30.1 Å². The van der Waals surface area contributed by atoms with E-state index in [1.54, 1.807) is 22.8 Å². The molecule has 2 aliphatic carbocycles. The molecule has 2 saturated carbocycles. The van der Waals surface area contributed by atoms with Crippen LogP contribution in [0.1, 0.15) is 31.4 Å². The lowest BCUT2D eigenvalue weighted by Crippen LogP contribution is -2.48. The van der Waals surface area contributed by atoms with E-state index in [2.05, 4.69) is 25.5 Å². The van der Waals surface area contributed by atoms with Crippen LogP contribution in [0.3, 0.4) is 0 Å². The van der Waals surface area contributed by atoms with E-state index >= 15 is 0 Å². The fourth-order valence-corrected chi connectivity index (χ4v) is 5.22. The van der Waals surface area contributed by atoms with Gasteiger partial charge in [-0.3, -0.25) is 0 Å². The number of piperidine rings is 1. The molecule has 0 radical (unpaired) electrons. The summed E-state index contributed by atoms with van der Waals surface area (Å²) in [6.07, 6.45) is -0.111. The molecule has 0 aromatic carbocycles. The summed E-state index contributed by atoms with van der Waals surface area (Å²) >= 11 is 0. The number of pyridine rings is 1. The highest BCUT2D eigenvalue weighted by Crippen LogP contribution is 2.57. The fourth-order valence-electron chi connectivity index (χ4n) is 5.22. The Balaban J connectivity index is 1.17. The zero-order chi connectivity index (χ0) is 22.8. The monoisotopic (exact) mass is 462 g/mol. The Hall–Kier alpha value is -2.98. The van der Waals surface area contributed by atoms with Crippen molar-refractivity contribution in [3.63, 3.8) is 0 Å². The SMILES string of the molecule is Cc1cc(N2CC3CC[C@@H](C2)C3Nc2nc3c(OCC4(C(F)(F)F)CC4)cccn3n2)on1. The van der Waals surface area contributed by atoms with Gasteiger partial charge in [0.2, 0.25) is 11.8 Å². The number of hydrogen-bond acceptors (Lipinski definition) is 7. The van der Waals surface area contributed by atoms with Gasteiger partial charge in [-0.2, -0.15) is 18.2 Å². The predicted molar refractivity (Wildman–Crippen MR) is 113 cm³/mol. The maximum absolute atomic E-state index is 13.3. The molecule has 6 rings (SSSR count). The van der Waals surface area contributed by atoms with Crippen LogP contribution in [0.2, 0.25) is 0 Å². The van der Waals surface area contributed by atoms with E-state index in [1.807, 2.05) is 13.0 Å². The molecule has 4 heterocycles. The average Bonchev–Trinajstić information content (AvgIpc) is 3.20. The summed E-state index contributed by atoms with van der Waals surface area (Å²) in [5.41, 5.74) is -0.442. The Morgan fingerprint density at radius 2 is 2.00 bits per heavy atom. The third-order valence-electron chi connectivity index (χ3n) is 7.34. The minimum absolute atomic E-state index is 0.105. The molecule has 1 aliphatic heterocycles. The van der Waals surface area contributed by atoms with Crippen LogP contribution in [-0.4, -0.2) is 51.7 Å². The molecular weight excluding hydrogens is 437 g/mol. The van der Waals surface area contributed by atoms with Gasteiger partial charge in [0.25, 0.3) is 0 Å². The van der Waals surface area contributed by atoms with Gasteiger partial charge in [0.05, 0.1) is 5.69 Å². The third-order valence-corrected chi connectivity index (χ3v) is 7.34. The van der Waals surface area contributed by atoms with Gasteiger partial charge in [-0.1, -0.05) is 5.16 Å². The number of fused-ring (bicyclic) bond motifs is 3. The van der Waals surface area contributed by atoms with Gasteiger partial charge in [-0.25, -0.2) is 4.52 Å². The average molecular weight is 462 g/mol. The van der Waals surface area contributed by atoms with Crippen molar-refractivity contribution in [2.24, 2.45) is 17.3 Å². The van der Waals surface area contributed by atoms with Crippen LogP contribution in [0.15, 0.2) is 28.9 Å². The second-order valence-electron chi connectivity index (χ2n) is 9.62. The van der Waals surface area contributed by atoms with Crippen molar-refractivity contribution in [1.82, 2.24) is 19.8 Å². The summed E-state index contributed by atoms with van der Waals surface area (Å²) in [5.74, 6) is 2.42. The highest BCUT2D eigenvalue weighted by molar-refractivity contribution is 5.56. The third kappa shape index (κ3) is 3.57. The van der Waals surface area contributed by atoms with Crippen LogP contribution >= 0.6 is 0 Å². The number of halogens is 3. The van der Waals surface area contributed by atoms with E-state index in [4.69, 9.17) is 9.26 Å². The number of rotatable bonds is 6. The molecule has 3 aliphatic rings. The first kappa shape index (κ1) is 20.6. The molecule has 0 spiro atoms. The normalized spacial score (nSPS) is 26.1. The number of nitrogens with zero attached hydrogens (tertiary/aromatic N) is 5. The molecule has 0 amide bonds. The lowest BCUT2D eigenvalue weighted by atomic mass is 9.92. The van der Waals surface area contributed by atoms with Crippen LogP contribution in [0, 0.1) is 24.2 Å². The molecule has 2 unspecified atom stereocenters. The van der Waals surface area contributed by atoms with Gasteiger partial charge in [0.15, 0.2) is 11.4 Å². The van der Waals surface area contributed by atoms with E-state index in [9.17, 15) is 13.2 Å². The number of aryl methyl sites for hydroxylation is 1. The zero-order valence-electron chi connectivity index (χ0n) is 18.2. The molecule has 11 heteroatoms. The van der Waals surface area contributed by atoms with E-state index in [1.165, 1.54) is 0 Å². The van der Waals surface area contributed by atoms with Crippen LogP contribution in [-0.2, 0) is 0 Å². The van der Waals surface area contributed by atoms with Crippen molar-refractivity contribution < 1.29 is 22.4 Å². The second-order valence-corrected chi connectivity index (χ2v) is 9.62. The first-order chi connectivity index (χ1) is 15.8. The van der Waals surface area contributed by atoms with Crippen molar-refractivity contribution in [2.75, 3.05) is 29.9 Å². The molecule has 176 valence electrons. The van der Waals surface area contributed by atoms with Crippen molar-refractivity contribution >= 4 is 17.5 Å². The van der Waals surface area contributed by atoms with Gasteiger partial charge in [-0.05, 0) is 56.6 Å². The topological polar surface area (TPSA) is 80.7 Å². The smallest absolute Gasteiger partial charge is 0.397 e. The Bertz CT molecular complexity index is 1160. The Kier molecular flexibility index (Phi) is 4.54. The quantitative estimate of drug-likeness (QED) is 0.591. The standard InChI is InChI=1S/C22H25F3N6O2/c1-13-9-17(33-29-13)30-10-14-4-5-15(11-30)18(14)26-20-27-19-16(3-2-8-31(19)28-20)32-12-21(6-7-21)22(23,24)25/h2-3,8-9,14-15,18H,4-7,10-12H2,1H3,(H,26,28)/t14-,15?,18?/m0/s1. The first-order valence-corrected chi connectivity index (χ1v) is 11.3. The largest absolute Gasteiger partial charge is 0.489 e. The highest BCUT2D eigenvalue weighted by Gasteiger charge is 2.64. The number of ether oxygens (including phenoxy) is 1. The molecule has 3 aromatic rings. The molecule has 3 fully saturated rings. The summed E-state index contributed by atoms with van der Waals surface area (Å²) in [5, 5.41) is 12.0. The highest BCUT2D eigenvalue weighted by atomic mass is 19.4. The molecular formula is C22H25F3N6O2. The summed E-state index contributed by atoms with van der Waals surface area (Å²) < 4.78 is 52.4. The summed E-state index contributed by atoms with van der Waals surface area (Å²) in [4.78, 5) is 6.81. The van der Waals surface area contributed by atoms with Crippen LogP contribution < -0.4 is 15.0 Å². The lowest BCUT2D eigenvalue weighted by Gasteiger charge is -2.37.